The zero-order chi connectivity index (χ0) is 21.1. The molecule has 5 nitrogen and oxygen atoms in total. The molecule has 0 bridgehead atoms. The molecule has 0 spiro atoms. The maximum atomic E-state index is 14.5. The summed E-state index contributed by atoms with van der Waals surface area (Å²) in [6, 6.07) is 9.90. The van der Waals surface area contributed by atoms with Crippen LogP contribution in [0.4, 0.5) is 13.9 Å². The number of rotatable bonds is 6. The summed E-state index contributed by atoms with van der Waals surface area (Å²) in [5, 5.41) is 15.3. The van der Waals surface area contributed by atoms with Gasteiger partial charge in [-0.1, -0.05) is 35.1 Å². The lowest BCUT2D eigenvalue weighted by molar-refractivity contribution is 0.0696. The molecule has 0 aliphatic heterocycles. The predicted octanol–water partition coefficient (Wildman–Crippen LogP) is 5.69. The van der Waals surface area contributed by atoms with Crippen LogP contribution in [0.2, 0.25) is 5.02 Å². The number of hydrogen-bond donors (Lipinski definition) is 1. The first kappa shape index (κ1) is 20.9. The molecule has 0 amide bonds. The van der Waals surface area contributed by atoms with Gasteiger partial charge in [0.25, 0.3) is 0 Å². The zero-order valence-corrected chi connectivity index (χ0v) is 17.0. The summed E-state index contributed by atoms with van der Waals surface area (Å²) in [7, 11) is 0. The maximum absolute atomic E-state index is 14.5. The number of halogens is 3. The van der Waals surface area contributed by atoms with Gasteiger partial charge < -0.3 is 5.11 Å². The summed E-state index contributed by atoms with van der Waals surface area (Å²) >= 11 is 6.80. The Morgan fingerprint density at radius 2 is 2.03 bits per heavy atom. The first-order chi connectivity index (χ1) is 13.8. The van der Waals surface area contributed by atoms with Crippen molar-refractivity contribution in [2.45, 2.75) is 19.9 Å². The second-order valence-corrected chi connectivity index (χ2v) is 7.71. The largest absolute Gasteiger partial charge is 0.478 e. The number of carbonyl (C=O) groups is 1. The molecule has 0 aliphatic carbocycles. The van der Waals surface area contributed by atoms with E-state index in [0.717, 1.165) is 23.5 Å². The highest BCUT2D eigenvalue weighted by atomic mass is 35.5. The Morgan fingerprint density at radius 1 is 1.28 bits per heavy atom. The van der Waals surface area contributed by atoms with E-state index in [9.17, 15) is 18.7 Å². The number of carboxylic acids is 1. The van der Waals surface area contributed by atoms with Crippen molar-refractivity contribution >= 4 is 40.3 Å². The lowest BCUT2D eigenvalue weighted by atomic mass is 10.1. The van der Waals surface area contributed by atoms with E-state index >= 15 is 0 Å². The first-order valence-corrected chi connectivity index (χ1v) is 9.74. The SMILES string of the molecule is CC(C)N(/N=C/c1ccc(F)cc1C(=O)O)c1nc(-c2cccc(Cl)c2)c(F)s1. The van der Waals surface area contributed by atoms with Gasteiger partial charge in [-0.15, -0.1) is 0 Å². The van der Waals surface area contributed by atoms with E-state index < -0.39 is 16.9 Å². The molecule has 0 atom stereocenters. The van der Waals surface area contributed by atoms with Gasteiger partial charge in [0, 0.05) is 22.2 Å². The van der Waals surface area contributed by atoms with Gasteiger partial charge in [-0.25, -0.2) is 19.2 Å². The van der Waals surface area contributed by atoms with Crippen molar-refractivity contribution < 1.29 is 18.7 Å². The molecule has 3 rings (SSSR count). The van der Waals surface area contributed by atoms with Crippen LogP contribution in [0.25, 0.3) is 11.3 Å². The van der Waals surface area contributed by atoms with Gasteiger partial charge in [-0.3, -0.25) is 0 Å². The predicted molar refractivity (Wildman–Crippen MR) is 111 cm³/mol. The van der Waals surface area contributed by atoms with Crippen molar-refractivity contribution in [2.24, 2.45) is 5.10 Å². The van der Waals surface area contributed by atoms with Crippen LogP contribution in [0.5, 0.6) is 0 Å². The number of aromatic carboxylic acids is 1. The third kappa shape index (κ3) is 4.78. The molecular formula is C20H16ClF2N3O2S. The maximum Gasteiger partial charge on any atom is 0.336 e. The van der Waals surface area contributed by atoms with Gasteiger partial charge in [0.1, 0.15) is 11.5 Å². The van der Waals surface area contributed by atoms with Crippen LogP contribution in [0.1, 0.15) is 29.8 Å². The highest BCUT2D eigenvalue weighted by Crippen LogP contribution is 2.33. The monoisotopic (exact) mass is 435 g/mol. The molecule has 1 aromatic heterocycles. The van der Waals surface area contributed by atoms with Gasteiger partial charge in [-0.05, 0) is 44.2 Å². The second-order valence-electron chi connectivity index (χ2n) is 6.35. The van der Waals surface area contributed by atoms with Crippen molar-refractivity contribution in [3.05, 3.63) is 69.6 Å². The molecule has 0 aliphatic rings. The van der Waals surface area contributed by atoms with E-state index in [1.807, 2.05) is 13.8 Å². The second kappa shape index (κ2) is 8.67. The number of hydrazone groups is 1. The van der Waals surface area contributed by atoms with Crippen molar-refractivity contribution in [1.82, 2.24) is 4.98 Å². The molecule has 0 saturated carbocycles. The minimum Gasteiger partial charge on any atom is -0.478 e. The number of benzene rings is 2. The van der Waals surface area contributed by atoms with Crippen molar-refractivity contribution in [2.75, 3.05) is 5.01 Å². The van der Waals surface area contributed by atoms with Gasteiger partial charge in [0.05, 0.1) is 11.8 Å². The fourth-order valence-electron chi connectivity index (χ4n) is 2.56. The molecule has 150 valence electrons. The van der Waals surface area contributed by atoms with E-state index in [1.54, 1.807) is 24.3 Å². The van der Waals surface area contributed by atoms with Crippen molar-refractivity contribution in [3.8, 4) is 11.3 Å². The van der Waals surface area contributed by atoms with Gasteiger partial charge >= 0.3 is 5.97 Å². The fraction of sp³-hybridized carbons (Fsp3) is 0.150. The summed E-state index contributed by atoms with van der Waals surface area (Å²) in [5.74, 6) is -1.93. The van der Waals surface area contributed by atoms with Crippen molar-refractivity contribution in [1.29, 1.82) is 0 Å². The summed E-state index contributed by atoms with van der Waals surface area (Å²) in [4.78, 5) is 15.7. The van der Waals surface area contributed by atoms with Crippen LogP contribution in [-0.2, 0) is 0 Å². The van der Waals surface area contributed by atoms with E-state index in [-0.39, 0.29) is 22.9 Å². The van der Waals surface area contributed by atoms with E-state index in [1.165, 1.54) is 17.3 Å². The van der Waals surface area contributed by atoms with E-state index in [2.05, 4.69) is 10.1 Å². The third-order valence-electron chi connectivity index (χ3n) is 3.92. The third-order valence-corrected chi connectivity index (χ3v) is 4.99. The van der Waals surface area contributed by atoms with Crippen LogP contribution in [0.3, 0.4) is 0 Å². The minimum atomic E-state index is -1.27. The number of aromatic nitrogens is 1. The van der Waals surface area contributed by atoms with Crippen LogP contribution >= 0.6 is 22.9 Å². The van der Waals surface area contributed by atoms with Crippen LogP contribution in [0.15, 0.2) is 47.6 Å². The van der Waals surface area contributed by atoms with Gasteiger partial charge in [0.2, 0.25) is 10.3 Å². The molecule has 1 heterocycles. The summed E-state index contributed by atoms with van der Waals surface area (Å²) < 4.78 is 27.9. The molecule has 2 aromatic carbocycles. The van der Waals surface area contributed by atoms with Gasteiger partial charge in [-0.2, -0.15) is 9.49 Å². The molecule has 0 fully saturated rings. The topological polar surface area (TPSA) is 65.8 Å². The quantitative estimate of drug-likeness (QED) is 0.399. The Labute approximate surface area is 174 Å². The minimum absolute atomic E-state index is 0.154. The van der Waals surface area contributed by atoms with Crippen LogP contribution in [-0.4, -0.2) is 28.3 Å². The lowest BCUT2D eigenvalue weighted by Gasteiger charge is -2.19. The molecule has 0 radical (unpaired) electrons. The molecule has 1 N–H and O–H groups in total. The van der Waals surface area contributed by atoms with E-state index in [0.29, 0.717) is 15.7 Å². The van der Waals surface area contributed by atoms with Gasteiger partial charge in [0.15, 0.2) is 0 Å². The molecule has 0 unspecified atom stereocenters. The normalized spacial score (nSPS) is 11.4. The fourth-order valence-corrected chi connectivity index (χ4v) is 3.66. The highest BCUT2D eigenvalue weighted by molar-refractivity contribution is 7.14. The standard InChI is InChI=1S/C20H16ClF2N3O2S/c1-11(2)26(24-10-13-6-7-15(22)9-16(13)19(27)28)20-25-17(18(23)29-20)12-4-3-5-14(21)8-12/h3-11H,1-2H3,(H,27,28)/b24-10+. The van der Waals surface area contributed by atoms with Crippen LogP contribution in [0, 0.1) is 10.9 Å². The molecular weight excluding hydrogens is 420 g/mol. The number of carboxylic acid groups (broad SMARTS) is 1. The Bertz CT molecular complexity index is 1090. The Kier molecular flexibility index (Phi) is 6.24. The lowest BCUT2D eigenvalue weighted by Crippen LogP contribution is -2.25. The Balaban J connectivity index is 1.97. The summed E-state index contributed by atoms with van der Waals surface area (Å²) in [5.41, 5.74) is 0.692. The van der Waals surface area contributed by atoms with Crippen molar-refractivity contribution in [3.63, 3.8) is 0 Å². The average molecular weight is 436 g/mol. The highest BCUT2D eigenvalue weighted by Gasteiger charge is 2.20. The Morgan fingerprint density at radius 3 is 2.69 bits per heavy atom. The number of nitrogens with zero attached hydrogens (tertiary/aromatic N) is 3. The summed E-state index contributed by atoms with van der Waals surface area (Å²) in [6.07, 6.45) is 1.29. The number of anilines is 1. The smallest absolute Gasteiger partial charge is 0.336 e. The molecule has 29 heavy (non-hydrogen) atoms. The van der Waals surface area contributed by atoms with E-state index in [4.69, 9.17) is 11.6 Å². The molecule has 9 heteroatoms. The zero-order valence-electron chi connectivity index (χ0n) is 15.4. The van der Waals surface area contributed by atoms with Crippen LogP contribution < -0.4 is 5.01 Å². The summed E-state index contributed by atoms with van der Waals surface area (Å²) in [6.45, 7) is 3.66. The number of hydrogen-bond acceptors (Lipinski definition) is 5. The average Bonchev–Trinajstić information content (AvgIpc) is 3.04. The molecule has 0 saturated heterocycles. The Hall–Kier alpha value is -2.84. The number of thiazole rings is 1. The first-order valence-electron chi connectivity index (χ1n) is 8.54. The molecule has 3 aromatic rings.